The highest BCUT2D eigenvalue weighted by Crippen LogP contribution is 2.17. The molecule has 0 aliphatic heterocycles. The second kappa shape index (κ2) is 6.34. The molecule has 1 amide bonds. The van der Waals surface area contributed by atoms with Gasteiger partial charge < -0.3 is 10.6 Å². The second-order valence-electron chi connectivity index (χ2n) is 4.94. The van der Waals surface area contributed by atoms with E-state index in [1.807, 2.05) is 0 Å². The van der Waals surface area contributed by atoms with Crippen molar-refractivity contribution in [2.75, 3.05) is 13.1 Å². The molecular weight excluding hydrogens is 278 g/mol. The summed E-state index contributed by atoms with van der Waals surface area (Å²) in [5.41, 5.74) is 0.952. The lowest BCUT2D eigenvalue weighted by atomic mass is 10.1. The Kier molecular flexibility index (Phi) is 4.74. The predicted molar refractivity (Wildman–Crippen MR) is 75.6 cm³/mol. The largest absolute Gasteiger partial charge is 0.355 e. The van der Waals surface area contributed by atoms with Crippen LogP contribution in [-0.4, -0.2) is 33.5 Å². The van der Waals surface area contributed by atoms with Crippen molar-refractivity contribution in [3.63, 3.8) is 0 Å². The number of hydrogen-bond acceptors (Lipinski definition) is 4. The molecule has 1 aromatic rings. The lowest BCUT2D eigenvalue weighted by Crippen LogP contribution is -2.35. The summed E-state index contributed by atoms with van der Waals surface area (Å²) in [6.45, 7) is 0.884. The number of nitrogens with one attached hydrogen (secondary N) is 2. The number of nitrogens with two attached hydrogens (primary N) is 1. The monoisotopic (exact) mass is 297 g/mol. The smallest absolute Gasteiger partial charge is 0.238 e. The van der Waals surface area contributed by atoms with Crippen molar-refractivity contribution in [2.45, 2.75) is 30.2 Å². The van der Waals surface area contributed by atoms with Crippen molar-refractivity contribution < 1.29 is 13.2 Å². The van der Waals surface area contributed by atoms with Crippen LogP contribution in [0.1, 0.15) is 18.4 Å². The molecule has 110 valence electrons. The van der Waals surface area contributed by atoms with E-state index < -0.39 is 10.0 Å². The first-order valence-corrected chi connectivity index (χ1v) is 8.11. The van der Waals surface area contributed by atoms with Crippen LogP contribution in [0.2, 0.25) is 0 Å². The minimum absolute atomic E-state index is 0.0157. The van der Waals surface area contributed by atoms with Gasteiger partial charge in [0.25, 0.3) is 0 Å². The zero-order chi connectivity index (χ0) is 14.6. The van der Waals surface area contributed by atoms with Gasteiger partial charge in [-0.05, 0) is 37.0 Å². The number of hydrogen-bond donors (Lipinski definition) is 3. The van der Waals surface area contributed by atoms with Gasteiger partial charge in [-0.3, -0.25) is 4.79 Å². The fraction of sp³-hybridized carbons (Fsp3) is 0.462. The Morgan fingerprint density at radius 2 is 1.90 bits per heavy atom. The van der Waals surface area contributed by atoms with Crippen LogP contribution in [0.4, 0.5) is 0 Å². The fourth-order valence-electron chi connectivity index (χ4n) is 1.78. The Morgan fingerprint density at radius 1 is 1.25 bits per heavy atom. The third-order valence-electron chi connectivity index (χ3n) is 3.12. The number of carbonyl (C=O) groups excluding carboxylic acids is 1. The first-order valence-electron chi connectivity index (χ1n) is 6.57. The van der Waals surface area contributed by atoms with Crippen LogP contribution in [0.3, 0.4) is 0 Å². The molecule has 1 aliphatic rings. The number of carbonyl (C=O) groups is 1. The van der Waals surface area contributed by atoms with Gasteiger partial charge in [0.05, 0.1) is 11.4 Å². The number of benzene rings is 1. The molecular formula is C13H19N3O3S. The SMILES string of the molecule is NS(=O)(=O)c1ccc(CCNC(=O)CNC2CC2)cc1. The lowest BCUT2D eigenvalue weighted by molar-refractivity contribution is -0.120. The van der Waals surface area contributed by atoms with Gasteiger partial charge in [0.15, 0.2) is 0 Å². The van der Waals surface area contributed by atoms with Gasteiger partial charge in [0, 0.05) is 12.6 Å². The van der Waals surface area contributed by atoms with E-state index in [9.17, 15) is 13.2 Å². The molecule has 1 saturated carbocycles. The van der Waals surface area contributed by atoms with Gasteiger partial charge in [0.2, 0.25) is 15.9 Å². The molecule has 4 N–H and O–H groups in total. The van der Waals surface area contributed by atoms with E-state index in [0.29, 0.717) is 25.6 Å². The second-order valence-corrected chi connectivity index (χ2v) is 6.51. The van der Waals surface area contributed by atoms with E-state index in [-0.39, 0.29) is 10.8 Å². The molecule has 0 saturated heterocycles. The third-order valence-corrected chi connectivity index (χ3v) is 4.05. The van der Waals surface area contributed by atoms with E-state index in [0.717, 1.165) is 18.4 Å². The average molecular weight is 297 g/mol. The highest BCUT2D eigenvalue weighted by Gasteiger charge is 2.20. The normalized spacial score (nSPS) is 15.1. The van der Waals surface area contributed by atoms with E-state index in [1.54, 1.807) is 12.1 Å². The molecule has 0 heterocycles. The van der Waals surface area contributed by atoms with Crippen LogP contribution in [0.25, 0.3) is 0 Å². The summed E-state index contributed by atoms with van der Waals surface area (Å²) in [6.07, 6.45) is 2.97. The molecule has 0 bridgehead atoms. The van der Waals surface area contributed by atoms with Crippen LogP contribution in [0, 0.1) is 0 Å². The summed E-state index contributed by atoms with van der Waals surface area (Å²) in [4.78, 5) is 11.6. The first kappa shape index (κ1) is 15.0. The first-order chi connectivity index (χ1) is 9.45. The zero-order valence-electron chi connectivity index (χ0n) is 11.1. The summed E-state index contributed by atoms with van der Waals surface area (Å²) >= 11 is 0. The summed E-state index contributed by atoms with van der Waals surface area (Å²) in [6, 6.07) is 6.87. The van der Waals surface area contributed by atoms with Crippen molar-refractivity contribution in [1.29, 1.82) is 0 Å². The number of sulfonamides is 1. The number of rotatable bonds is 7. The van der Waals surface area contributed by atoms with Crippen LogP contribution in [0.15, 0.2) is 29.2 Å². The zero-order valence-corrected chi connectivity index (χ0v) is 11.9. The van der Waals surface area contributed by atoms with Gasteiger partial charge in [-0.15, -0.1) is 0 Å². The van der Waals surface area contributed by atoms with Crippen molar-refractivity contribution in [3.8, 4) is 0 Å². The molecule has 20 heavy (non-hydrogen) atoms. The van der Waals surface area contributed by atoms with Gasteiger partial charge >= 0.3 is 0 Å². The molecule has 0 unspecified atom stereocenters. The van der Waals surface area contributed by atoms with Crippen LogP contribution in [-0.2, 0) is 21.2 Å². The Hall–Kier alpha value is -1.44. The van der Waals surface area contributed by atoms with E-state index in [1.165, 1.54) is 12.1 Å². The van der Waals surface area contributed by atoms with Gasteiger partial charge in [-0.1, -0.05) is 12.1 Å². The summed E-state index contributed by atoms with van der Waals surface area (Å²) in [5.74, 6) is -0.0157. The number of amides is 1. The molecule has 2 rings (SSSR count). The highest BCUT2D eigenvalue weighted by atomic mass is 32.2. The Bertz CT molecular complexity index is 565. The Balaban J connectivity index is 1.72. The van der Waals surface area contributed by atoms with Crippen molar-refractivity contribution in [2.24, 2.45) is 5.14 Å². The Morgan fingerprint density at radius 3 is 2.45 bits per heavy atom. The van der Waals surface area contributed by atoms with Crippen molar-refractivity contribution in [3.05, 3.63) is 29.8 Å². The molecule has 6 nitrogen and oxygen atoms in total. The maximum Gasteiger partial charge on any atom is 0.238 e. The topological polar surface area (TPSA) is 101 Å². The maximum atomic E-state index is 11.5. The average Bonchev–Trinajstić information content (AvgIpc) is 3.20. The molecule has 1 fully saturated rings. The van der Waals surface area contributed by atoms with Crippen molar-refractivity contribution >= 4 is 15.9 Å². The van der Waals surface area contributed by atoms with Crippen LogP contribution in [0.5, 0.6) is 0 Å². The standard InChI is InChI=1S/C13H19N3O3S/c14-20(18,19)12-5-1-10(2-6-12)7-8-15-13(17)9-16-11-3-4-11/h1-2,5-6,11,16H,3-4,7-9H2,(H,15,17)(H2,14,18,19). The van der Waals surface area contributed by atoms with E-state index in [2.05, 4.69) is 10.6 Å². The molecule has 0 radical (unpaired) electrons. The molecule has 1 aliphatic carbocycles. The van der Waals surface area contributed by atoms with E-state index >= 15 is 0 Å². The summed E-state index contributed by atoms with van der Waals surface area (Å²) in [5, 5.41) is 11.0. The lowest BCUT2D eigenvalue weighted by Gasteiger charge is -2.06. The predicted octanol–water partition coefficient (Wildman–Crippen LogP) is -0.255. The highest BCUT2D eigenvalue weighted by molar-refractivity contribution is 7.89. The van der Waals surface area contributed by atoms with Gasteiger partial charge in [0.1, 0.15) is 0 Å². The molecule has 0 aromatic heterocycles. The van der Waals surface area contributed by atoms with Crippen molar-refractivity contribution in [1.82, 2.24) is 10.6 Å². The molecule has 1 aromatic carbocycles. The quantitative estimate of drug-likeness (QED) is 0.645. The fourth-order valence-corrected chi connectivity index (χ4v) is 2.29. The maximum absolute atomic E-state index is 11.5. The van der Waals surface area contributed by atoms with Crippen LogP contribution < -0.4 is 15.8 Å². The van der Waals surface area contributed by atoms with Crippen LogP contribution >= 0.6 is 0 Å². The minimum atomic E-state index is -3.64. The molecule has 7 heteroatoms. The molecule has 0 atom stereocenters. The third kappa shape index (κ3) is 4.92. The summed E-state index contributed by atoms with van der Waals surface area (Å²) < 4.78 is 22.2. The summed E-state index contributed by atoms with van der Waals surface area (Å²) in [7, 11) is -3.64. The Labute approximate surface area is 118 Å². The van der Waals surface area contributed by atoms with Gasteiger partial charge in [-0.2, -0.15) is 0 Å². The van der Waals surface area contributed by atoms with E-state index in [4.69, 9.17) is 5.14 Å². The minimum Gasteiger partial charge on any atom is -0.355 e. The molecule has 0 spiro atoms. The van der Waals surface area contributed by atoms with Gasteiger partial charge in [-0.25, -0.2) is 13.6 Å². The number of primary sulfonamides is 1.